The maximum atomic E-state index is 6.64. The molecule has 5 rings (SSSR count). The summed E-state index contributed by atoms with van der Waals surface area (Å²) in [5.41, 5.74) is 6.33. The van der Waals surface area contributed by atoms with Gasteiger partial charge in [0.2, 0.25) is 0 Å². The first kappa shape index (κ1) is 25.6. The van der Waals surface area contributed by atoms with E-state index in [1.165, 1.54) is 5.56 Å². The van der Waals surface area contributed by atoms with Crippen LogP contribution in [0, 0.1) is 13.8 Å². The van der Waals surface area contributed by atoms with Crippen LogP contribution < -0.4 is 10.6 Å². The number of nitrogens with zero attached hydrogens (tertiary/aromatic N) is 3. The Hall–Kier alpha value is -3.06. The van der Waals surface area contributed by atoms with Crippen LogP contribution in [0.15, 0.2) is 79.0 Å². The first-order chi connectivity index (χ1) is 18.0. The van der Waals surface area contributed by atoms with E-state index in [1.54, 1.807) is 0 Å². The minimum absolute atomic E-state index is 0.0166. The third kappa shape index (κ3) is 5.19. The zero-order chi connectivity index (χ0) is 25.9. The number of halogens is 2. The molecule has 1 fully saturated rings. The average Bonchev–Trinajstić information content (AvgIpc) is 3.39. The number of benzene rings is 2. The summed E-state index contributed by atoms with van der Waals surface area (Å²) in [7, 11) is 0. The van der Waals surface area contributed by atoms with Gasteiger partial charge in [-0.15, -0.1) is 0 Å². The lowest BCUT2D eigenvalue weighted by atomic mass is 9.96. The molecular formula is C29H29Cl2N5S. The van der Waals surface area contributed by atoms with Crippen LogP contribution in [0.5, 0.6) is 0 Å². The summed E-state index contributed by atoms with van der Waals surface area (Å²) < 4.78 is 2.18. The van der Waals surface area contributed by atoms with Crippen molar-refractivity contribution in [3.05, 3.63) is 112 Å². The molecule has 5 nitrogen and oxygen atoms in total. The molecule has 2 aromatic carbocycles. The van der Waals surface area contributed by atoms with Gasteiger partial charge in [-0.3, -0.25) is 4.98 Å². The van der Waals surface area contributed by atoms with Gasteiger partial charge >= 0.3 is 0 Å². The summed E-state index contributed by atoms with van der Waals surface area (Å²) in [6.45, 7) is 5.88. The lowest BCUT2D eigenvalue weighted by Crippen LogP contribution is -2.31. The topological polar surface area (TPSA) is 45.1 Å². The Morgan fingerprint density at radius 2 is 1.78 bits per heavy atom. The molecule has 0 unspecified atom stereocenters. The number of pyridine rings is 1. The highest BCUT2D eigenvalue weighted by Crippen LogP contribution is 2.42. The summed E-state index contributed by atoms with van der Waals surface area (Å²) in [6.07, 6.45) is 2.76. The number of hydrogen-bond acceptors (Lipinski definition) is 3. The normalized spacial score (nSPS) is 17.2. The zero-order valence-corrected chi connectivity index (χ0v) is 23.1. The van der Waals surface area contributed by atoms with Gasteiger partial charge in [0.05, 0.1) is 33.5 Å². The number of aromatic nitrogens is 2. The van der Waals surface area contributed by atoms with Crippen LogP contribution in [0.25, 0.3) is 5.69 Å². The van der Waals surface area contributed by atoms with E-state index in [-0.39, 0.29) is 12.1 Å². The Bertz CT molecular complexity index is 1390. The van der Waals surface area contributed by atoms with Gasteiger partial charge in [-0.1, -0.05) is 53.5 Å². The number of hydrogen-bond donors (Lipinski definition) is 2. The molecule has 4 aromatic rings. The number of thiocarbonyl (C=S) groups is 1. The van der Waals surface area contributed by atoms with E-state index in [2.05, 4.69) is 63.2 Å². The summed E-state index contributed by atoms with van der Waals surface area (Å²) in [5.74, 6) is 0. The van der Waals surface area contributed by atoms with Crippen LogP contribution in [0.3, 0.4) is 0 Å². The molecule has 2 atom stereocenters. The molecule has 1 saturated heterocycles. The minimum atomic E-state index is -0.0698. The molecule has 37 heavy (non-hydrogen) atoms. The van der Waals surface area contributed by atoms with Crippen molar-refractivity contribution in [3.8, 4) is 5.69 Å². The molecule has 0 amide bonds. The van der Waals surface area contributed by atoms with Crippen molar-refractivity contribution in [3.63, 3.8) is 0 Å². The van der Waals surface area contributed by atoms with Gasteiger partial charge in [0.15, 0.2) is 5.11 Å². The second-order valence-corrected chi connectivity index (χ2v) is 10.4. The molecule has 0 spiro atoms. The Balaban J connectivity index is 1.48. The monoisotopic (exact) mass is 549 g/mol. The predicted octanol–water partition coefficient (Wildman–Crippen LogP) is 7.27. The third-order valence-corrected chi connectivity index (χ3v) is 8.00. The molecule has 0 bridgehead atoms. The van der Waals surface area contributed by atoms with Gasteiger partial charge in [-0.05, 0) is 80.5 Å². The molecule has 8 heteroatoms. The average molecular weight is 551 g/mol. The fourth-order valence-electron chi connectivity index (χ4n) is 5.15. The van der Waals surface area contributed by atoms with Crippen molar-refractivity contribution in [1.82, 2.24) is 19.8 Å². The summed E-state index contributed by atoms with van der Waals surface area (Å²) in [5, 5.41) is 8.89. The molecule has 1 aliphatic heterocycles. The third-order valence-electron chi connectivity index (χ3n) is 6.84. The Morgan fingerprint density at radius 3 is 2.54 bits per heavy atom. The van der Waals surface area contributed by atoms with Crippen LogP contribution in [-0.4, -0.2) is 32.7 Å². The minimum Gasteiger partial charge on any atom is -0.385 e. The van der Waals surface area contributed by atoms with Gasteiger partial charge in [-0.25, -0.2) is 0 Å². The molecule has 0 aliphatic carbocycles. The maximum Gasteiger partial charge on any atom is 0.170 e. The SMILES string of the molecule is Cc1cc([C@H]2[C@H](c3ccccn3)NC(=S)N2CCCNc2ccccc2)c(C)n1-c1cccc(Cl)c1Cl. The van der Waals surface area contributed by atoms with Crippen LogP contribution in [0.2, 0.25) is 10.0 Å². The van der Waals surface area contributed by atoms with Crippen molar-refractivity contribution < 1.29 is 0 Å². The van der Waals surface area contributed by atoms with Crippen LogP contribution >= 0.6 is 35.4 Å². The lowest BCUT2D eigenvalue weighted by molar-refractivity contribution is 0.315. The van der Waals surface area contributed by atoms with Gasteiger partial charge < -0.3 is 20.1 Å². The number of anilines is 1. The maximum absolute atomic E-state index is 6.64. The van der Waals surface area contributed by atoms with Crippen molar-refractivity contribution >= 4 is 46.2 Å². The number of aryl methyl sites for hydroxylation is 1. The van der Waals surface area contributed by atoms with Crippen molar-refractivity contribution in [2.45, 2.75) is 32.4 Å². The predicted molar refractivity (Wildman–Crippen MR) is 157 cm³/mol. The Labute approximate surface area is 233 Å². The fourth-order valence-corrected chi connectivity index (χ4v) is 5.86. The van der Waals surface area contributed by atoms with Crippen molar-refractivity contribution in [1.29, 1.82) is 0 Å². The van der Waals surface area contributed by atoms with Gasteiger partial charge in [0.1, 0.15) is 0 Å². The van der Waals surface area contributed by atoms with Gasteiger partial charge in [0.25, 0.3) is 0 Å². The summed E-state index contributed by atoms with van der Waals surface area (Å²) >= 11 is 18.9. The van der Waals surface area contributed by atoms with Gasteiger partial charge in [-0.2, -0.15) is 0 Å². The highest BCUT2D eigenvalue weighted by molar-refractivity contribution is 7.80. The molecule has 0 radical (unpaired) electrons. The highest BCUT2D eigenvalue weighted by Gasteiger charge is 2.41. The number of para-hydroxylation sites is 1. The second kappa shape index (κ2) is 11.1. The fraction of sp³-hybridized carbons (Fsp3) is 0.241. The Morgan fingerprint density at radius 1 is 1.00 bits per heavy atom. The van der Waals surface area contributed by atoms with E-state index >= 15 is 0 Å². The van der Waals surface area contributed by atoms with E-state index < -0.39 is 0 Å². The second-order valence-electron chi connectivity index (χ2n) is 9.20. The van der Waals surface area contributed by atoms with E-state index in [9.17, 15) is 0 Å². The van der Waals surface area contributed by atoms with Gasteiger partial charge in [0, 0.05) is 36.4 Å². The number of rotatable bonds is 8. The van der Waals surface area contributed by atoms with Crippen LogP contribution in [0.4, 0.5) is 5.69 Å². The number of nitrogens with one attached hydrogen (secondary N) is 2. The van der Waals surface area contributed by atoms with Crippen molar-refractivity contribution in [2.75, 3.05) is 18.4 Å². The molecule has 3 heterocycles. The Kier molecular flexibility index (Phi) is 7.70. The standard InChI is InChI=1S/C29H29Cl2N5S/c1-19-18-22(20(2)36(19)25-14-8-12-23(30)26(25)31)28-27(24-13-6-7-15-33-24)34-29(37)35(28)17-9-16-32-21-10-4-3-5-11-21/h3-8,10-15,18,27-28,32H,9,16-17H2,1-2H3,(H,34,37)/t27-,28-/m0/s1. The van der Waals surface area contributed by atoms with E-state index in [4.69, 9.17) is 35.4 Å². The lowest BCUT2D eigenvalue weighted by Gasteiger charge is -2.28. The highest BCUT2D eigenvalue weighted by atomic mass is 35.5. The first-order valence-corrected chi connectivity index (χ1v) is 13.5. The summed E-state index contributed by atoms with van der Waals surface area (Å²) in [6, 6.07) is 24.2. The molecule has 2 N–H and O–H groups in total. The zero-order valence-electron chi connectivity index (χ0n) is 20.8. The molecule has 0 saturated carbocycles. The molecule has 190 valence electrons. The van der Waals surface area contributed by atoms with E-state index in [0.29, 0.717) is 10.0 Å². The van der Waals surface area contributed by atoms with E-state index in [1.807, 2.05) is 54.7 Å². The van der Waals surface area contributed by atoms with E-state index in [0.717, 1.165) is 53.1 Å². The molecular weight excluding hydrogens is 521 g/mol. The quantitative estimate of drug-likeness (QED) is 0.179. The molecule has 2 aromatic heterocycles. The van der Waals surface area contributed by atoms with Crippen LogP contribution in [0.1, 0.15) is 41.1 Å². The van der Waals surface area contributed by atoms with Crippen LogP contribution in [-0.2, 0) is 0 Å². The van der Waals surface area contributed by atoms with Crippen molar-refractivity contribution in [2.24, 2.45) is 0 Å². The smallest absolute Gasteiger partial charge is 0.170 e. The largest absolute Gasteiger partial charge is 0.385 e. The summed E-state index contributed by atoms with van der Waals surface area (Å²) in [4.78, 5) is 6.98. The first-order valence-electron chi connectivity index (χ1n) is 12.4. The molecule has 1 aliphatic rings.